The number of piperidine rings is 1. The second kappa shape index (κ2) is 8.10. The van der Waals surface area contributed by atoms with Crippen molar-refractivity contribution < 1.29 is 32.4 Å². The van der Waals surface area contributed by atoms with Gasteiger partial charge >= 0.3 is 5.97 Å². The number of benzene rings is 1. The molecule has 2 atom stereocenters. The first kappa shape index (κ1) is 20.4. The Hall–Kier alpha value is -2.88. The monoisotopic (exact) mass is 423 g/mol. The molecule has 160 valence electrons. The molecule has 0 bridgehead atoms. The summed E-state index contributed by atoms with van der Waals surface area (Å²) in [4.78, 5) is 26.3. The maximum absolute atomic E-state index is 14.7. The van der Waals surface area contributed by atoms with E-state index in [1.54, 1.807) is 0 Å². The van der Waals surface area contributed by atoms with Gasteiger partial charge < -0.3 is 19.8 Å². The van der Waals surface area contributed by atoms with Gasteiger partial charge in [0.25, 0.3) is 5.91 Å². The molecule has 1 aromatic carbocycles. The summed E-state index contributed by atoms with van der Waals surface area (Å²) in [6.45, 7) is 1.76. The molecular weight excluding hydrogens is 403 g/mol. The van der Waals surface area contributed by atoms with Crippen LogP contribution in [0.4, 0.5) is 13.2 Å². The molecule has 1 saturated carbocycles. The Morgan fingerprint density at radius 1 is 1.23 bits per heavy atom. The number of hydrogen-bond acceptors (Lipinski definition) is 5. The lowest BCUT2D eigenvalue weighted by Gasteiger charge is -2.36. The molecule has 2 aliphatic rings. The fourth-order valence-electron chi connectivity index (χ4n) is 3.77. The predicted octanol–water partition coefficient (Wildman–Crippen LogP) is 2.67. The summed E-state index contributed by atoms with van der Waals surface area (Å²) >= 11 is 0. The Balaban J connectivity index is 1.48. The fourth-order valence-corrected chi connectivity index (χ4v) is 3.77. The number of nitrogens with zero attached hydrogens (tertiary/aromatic N) is 2. The van der Waals surface area contributed by atoms with Gasteiger partial charge in [0.2, 0.25) is 17.3 Å². The number of nitrogens with one attached hydrogen (secondary N) is 1. The molecule has 2 heterocycles. The van der Waals surface area contributed by atoms with Crippen molar-refractivity contribution >= 4 is 11.9 Å². The summed E-state index contributed by atoms with van der Waals surface area (Å²) in [5.41, 5.74) is -1.09. The molecule has 30 heavy (non-hydrogen) atoms. The van der Waals surface area contributed by atoms with Crippen LogP contribution in [-0.2, 0) is 4.79 Å². The lowest BCUT2D eigenvalue weighted by Crippen LogP contribution is -2.54. The van der Waals surface area contributed by atoms with Crippen molar-refractivity contribution in [2.45, 2.75) is 25.3 Å². The molecule has 1 saturated heterocycles. The van der Waals surface area contributed by atoms with Crippen LogP contribution < -0.4 is 5.32 Å². The average molecular weight is 423 g/mol. The van der Waals surface area contributed by atoms with E-state index in [0.29, 0.717) is 31.5 Å². The highest BCUT2D eigenvalue weighted by atomic mass is 19.1. The van der Waals surface area contributed by atoms with Crippen molar-refractivity contribution in [3.8, 4) is 11.3 Å². The first-order valence-electron chi connectivity index (χ1n) is 9.70. The van der Waals surface area contributed by atoms with E-state index >= 15 is 0 Å². The van der Waals surface area contributed by atoms with Crippen LogP contribution in [0.25, 0.3) is 11.3 Å². The van der Waals surface area contributed by atoms with Crippen molar-refractivity contribution in [2.75, 3.05) is 19.6 Å². The van der Waals surface area contributed by atoms with E-state index in [1.807, 2.05) is 0 Å². The highest BCUT2D eigenvalue weighted by Gasteiger charge is 2.38. The Kier molecular flexibility index (Phi) is 5.50. The molecule has 1 aliphatic carbocycles. The number of aromatic nitrogens is 1. The smallest absolute Gasteiger partial charge is 0.309 e. The van der Waals surface area contributed by atoms with E-state index < -0.39 is 52.7 Å². The zero-order valence-electron chi connectivity index (χ0n) is 15.9. The number of carbonyl (C=O) groups excluding carboxylic acids is 1. The Bertz CT molecular complexity index is 976. The van der Waals surface area contributed by atoms with E-state index in [9.17, 15) is 27.9 Å². The van der Waals surface area contributed by atoms with Gasteiger partial charge in [-0.25, -0.2) is 8.78 Å². The molecule has 2 aromatic rings. The van der Waals surface area contributed by atoms with Crippen LogP contribution in [0.2, 0.25) is 0 Å². The van der Waals surface area contributed by atoms with Crippen molar-refractivity contribution in [2.24, 2.45) is 11.8 Å². The van der Waals surface area contributed by atoms with Crippen LogP contribution in [0.5, 0.6) is 0 Å². The minimum Gasteiger partial charge on any atom is -0.481 e. The maximum Gasteiger partial charge on any atom is 0.309 e. The first-order chi connectivity index (χ1) is 14.3. The lowest BCUT2D eigenvalue weighted by molar-refractivity contribution is -0.144. The molecule has 2 N–H and O–H groups in total. The number of carbonyl (C=O) groups is 2. The molecule has 1 aliphatic heterocycles. The van der Waals surface area contributed by atoms with E-state index in [-0.39, 0.29) is 5.56 Å². The van der Waals surface area contributed by atoms with Crippen LogP contribution in [-0.4, -0.2) is 52.7 Å². The maximum atomic E-state index is 14.7. The quantitative estimate of drug-likeness (QED) is 0.742. The predicted molar refractivity (Wildman–Crippen MR) is 98.0 cm³/mol. The Morgan fingerprint density at radius 2 is 2.00 bits per heavy atom. The number of amides is 1. The standard InChI is InChI=1S/C20H20F3N3O4/c21-11-3-4-12(14(22)7-11)18-16(23)17(25-30-18)19(27)24-15-5-6-26(8-10-1-2-10)9-13(15)20(28)29/h3-4,7,10,13,15H,1-2,5-6,8-9H2,(H,24,27)(H,28,29)/t13-,15-/m0/s1. The molecule has 1 aromatic heterocycles. The number of carboxylic acids is 1. The second-order valence-electron chi connectivity index (χ2n) is 7.81. The Morgan fingerprint density at radius 3 is 2.67 bits per heavy atom. The van der Waals surface area contributed by atoms with Gasteiger partial charge in [0, 0.05) is 31.7 Å². The van der Waals surface area contributed by atoms with Crippen molar-refractivity contribution in [3.05, 3.63) is 41.3 Å². The van der Waals surface area contributed by atoms with Crippen LogP contribution in [0.3, 0.4) is 0 Å². The Labute approximate surface area is 169 Å². The fraction of sp³-hybridized carbons (Fsp3) is 0.450. The second-order valence-corrected chi connectivity index (χ2v) is 7.81. The minimum absolute atomic E-state index is 0.296. The average Bonchev–Trinajstić information content (AvgIpc) is 3.43. The van der Waals surface area contributed by atoms with E-state index in [1.165, 1.54) is 0 Å². The third-order valence-electron chi connectivity index (χ3n) is 5.57. The third kappa shape index (κ3) is 4.18. The molecule has 4 rings (SSSR count). The third-order valence-corrected chi connectivity index (χ3v) is 5.57. The summed E-state index contributed by atoms with van der Waals surface area (Å²) in [7, 11) is 0. The van der Waals surface area contributed by atoms with Gasteiger partial charge in [0.1, 0.15) is 11.6 Å². The highest BCUT2D eigenvalue weighted by Crippen LogP contribution is 2.32. The molecule has 0 unspecified atom stereocenters. The van der Waals surface area contributed by atoms with Crippen LogP contribution >= 0.6 is 0 Å². The zero-order chi connectivity index (χ0) is 21.4. The summed E-state index contributed by atoms with van der Waals surface area (Å²) in [6, 6.07) is 1.76. The SMILES string of the molecule is O=C(N[C@H]1CCN(CC2CC2)C[C@@H]1C(=O)O)c1noc(-c2ccc(F)cc2F)c1F. The van der Waals surface area contributed by atoms with Crippen LogP contribution in [0.1, 0.15) is 29.8 Å². The molecule has 0 spiro atoms. The van der Waals surface area contributed by atoms with Gasteiger partial charge in [-0.1, -0.05) is 5.16 Å². The van der Waals surface area contributed by atoms with Gasteiger partial charge in [-0.3, -0.25) is 9.59 Å². The highest BCUT2D eigenvalue weighted by molar-refractivity contribution is 5.94. The van der Waals surface area contributed by atoms with E-state index in [2.05, 4.69) is 15.4 Å². The van der Waals surface area contributed by atoms with Gasteiger partial charge in [0.05, 0.1) is 11.5 Å². The number of rotatable bonds is 6. The van der Waals surface area contributed by atoms with Gasteiger partial charge in [0.15, 0.2) is 0 Å². The van der Waals surface area contributed by atoms with Crippen molar-refractivity contribution in [3.63, 3.8) is 0 Å². The van der Waals surface area contributed by atoms with Gasteiger partial charge in [-0.2, -0.15) is 4.39 Å². The number of aliphatic carboxylic acids is 1. The number of hydrogen-bond donors (Lipinski definition) is 2. The molecule has 0 radical (unpaired) electrons. The number of halogens is 3. The summed E-state index contributed by atoms with van der Waals surface area (Å²) in [6.07, 6.45) is 2.70. The van der Waals surface area contributed by atoms with E-state index in [4.69, 9.17) is 4.52 Å². The zero-order valence-corrected chi connectivity index (χ0v) is 15.9. The van der Waals surface area contributed by atoms with Crippen LogP contribution in [0, 0.1) is 29.3 Å². The molecule has 2 fully saturated rings. The van der Waals surface area contributed by atoms with Crippen molar-refractivity contribution in [1.82, 2.24) is 15.4 Å². The van der Waals surface area contributed by atoms with Crippen LogP contribution in [0.15, 0.2) is 22.7 Å². The van der Waals surface area contributed by atoms with Gasteiger partial charge in [-0.05, 0) is 37.3 Å². The summed E-state index contributed by atoms with van der Waals surface area (Å²) in [5, 5.41) is 15.5. The number of likely N-dealkylation sites (tertiary alicyclic amines) is 1. The molecule has 1 amide bonds. The summed E-state index contributed by atoms with van der Waals surface area (Å²) in [5.74, 6) is -5.96. The number of carboxylic acid groups (broad SMARTS) is 1. The van der Waals surface area contributed by atoms with Crippen molar-refractivity contribution in [1.29, 1.82) is 0 Å². The molecule has 7 nitrogen and oxygen atoms in total. The minimum atomic E-state index is -1.20. The molecule has 10 heteroatoms. The largest absolute Gasteiger partial charge is 0.481 e. The first-order valence-corrected chi connectivity index (χ1v) is 9.70. The topological polar surface area (TPSA) is 95.7 Å². The normalized spacial score (nSPS) is 22.1. The molecular formula is C20H20F3N3O4. The van der Waals surface area contributed by atoms with Gasteiger partial charge in [-0.15, -0.1) is 0 Å². The lowest BCUT2D eigenvalue weighted by atomic mass is 9.91. The summed E-state index contributed by atoms with van der Waals surface area (Å²) < 4.78 is 46.4. The van der Waals surface area contributed by atoms with E-state index in [0.717, 1.165) is 31.5 Å².